The highest BCUT2D eigenvalue weighted by Crippen LogP contribution is 2.26. The third kappa shape index (κ3) is 1.99. The van der Waals surface area contributed by atoms with Gasteiger partial charge in [0.25, 0.3) is 0 Å². The molecule has 0 saturated carbocycles. The van der Waals surface area contributed by atoms with Crippen LogP contribution >= 0.6 is 0 Å². The second-order valence-corrected chi connectivity index (χ2v) is 4.22. The highest BCUT2D eigenvalue weighted by Gasteiger charge is 2.18. The van der Waals surface area contributed by atoms with Gasteiger partial charge in [0.2, 0.25) is 0 Å². The zero-order valence-corrected chi connectivity index (χ0v) is 10.6. The summed E-state index contributed by atoms with van der Waals surface area (Å²) in [7, 11) is 1.60. The molecule has 5 heteroatoms. The van der Waals surface area contributed by atoms with Crippen LogP contribution in [0.2, 0.25) is 0 Å². The average Bonchev–Trinajstić information content (AvgIpc) is 2.82. The van der Waals surface area contributed by atoms with Gasteiger partial charge in [0.15, 0.2) is 6.29 Å². The van der Waals surface area contributed by atoms with Gasteiger partial charge < -0.3 is 4.74 Å². The lowest BCUT2D eigenvalue weighted by molar-refractivity contribution is 0.111. The first-order chi connectivity index (χ1) is 8.69. The zero-order valence-electron chi connectivity index (χ0n) is 10.6. The normalized spacial score (nSPS) is 10.7. The highest BCUT2D eigenvalue weighted by molar-refractivity contribution is 5.74. The molecule has 0 atom stereocenters. The number of carbonyl (C=O) groups excluding carboxylic acids is 1. The Morgan fingerprint density at radius 1 is 1.33 bits per heavy atom. The maximum atomic E-state index is 11.0. The fourth-order valence-electron chi connectivity index (χ4n) is 1.91. The first kappa shape index (κ1) is 12.3. The molecular formula is C13H15N3O2. The summed E-state index contributed by atoms with van der Waals surface area (Å²) in [6, 6.07) is 7.51. The molecule has 0 radical (unpaired) electrons. The average molecular weight is 245 g/mol. The van der Waals surface area contributed by atoms with E-state index in [1.54, 1.807) is 11.8 Å². The van der Waals surface area contributed by atoms with E-state index in [0.717, 1.165) is 17.7 Å². The van der Waals surface area contributed by atoms with E-state index in [1.165, 1.54) is 0 Å². The number of para-hydroxylation sites is 2. The molecule has 1 aromatic carbocycles. The van der Waals surface area contributed by atoms with Gasteiger partial charge >= 0.3 is 0 Å². The fraction of sp³-hybridized carbons (Fsp3) is 0.308. The quantitative estimate of drug-likeness (QED) is 0.775. The van der Waals surface area contributed by atoms with Crippen molar-refractivity contribution in [1.82, 2.24) is 15.0 Å². The summed E-state index contributed by atoms with van der Waals surface area (Å²) in [5.41, 5.74) is 1.94. The van der Waals surface area contributed by atoms with Crippen LogP contribution in [-0.2, 0) is 0 Å². The monoisotopic (exact) mass is 245 g/mol. The van der Waals surface area contributed by atoms with Crippen LogP contribution in [-0.4, -0.2) is 28.4 Å². The third-order valence-electron chi connectivity index (χ3n) is 2.70. The number of nitrogens with zero attached hydrogens (tertiary/aromatic N) is 3. The summed E-state index contributed by atoms with van der Waals surface area (Å²) in [5, 5.41) is 7.94. The Morgan fingerprint density at radius 2 is 2.06 bits per heavy atom. The van der Waals surface area contributed by atoms with Gasteiger partial charge in [-0.25, -0.2) is 4.68 Å². The predicted octanol–water partition coefficient (Wildman–Crippen LogP) is 2.21. The van der Waals surface area contributed by atoms with Gasteiger partial charge in [-0.3, -0.25) is 4.79 Å². The molecule has 0 spiro atoms. The van der Waals surface area contributed by atoms with Crippen LogP contribution in [0.15, 0.2) is 24.3 Å². The molecule has 1 heterocycles. The minimum Gasteiger partial charge on any atom is -0.494 e. The summed E-state index contributed by atoms with van der Waals surface area (Å²) < 4.78 is 6.96. The fourth-order valence-corrected chi connectivity index (χ4v) is 1.91. The van der Waals surface area contributed by atoms with Crippen LogP contribution in [0.4, 0.5) is 0 Å². The van der Waals surface area contributed by atoms with Crippen LogP contribution < -0.4 is 4.74 Å². The molecule has 0 unspecified atom stereocenters. The van der Waals surface area contributed by atoms with Crippen molar-refractivity contribution in [2.75, 3.05) is 7.11 Å². The Hall–Kier alpha value is -2.17. The van der Waals surface area contributed by atoms with Crippen molar-refractivity contribution in [2.45, 2.75) is 19.8 Å². The molecule has 2 aromatic rings. The van der Waals surface area contributed by atoms with Crippen molar-refractivity contribution in [3.05, 3.63) is 35.7 Å². The van der Waals surface area contributed by atoms with Crippen LogP contribution in [0.25, 0.3) is 5.69 Å². The lowest BCUT2D eigenvalue weighted by Gasteiger charge is -2.12. The Kier molecular flexibility index (Phi) is 3.41. The smallest absolute Gasteiger partial charge is 0.172 e. The number of aldehydes is 1. The first-order valence-corrected chi connectivity index (χ1v) is 5.73. The van der Waals surface area contributed by atoms with Gasteiger partial charge in [-0.2, -0.15) is 0 Å². The van der Waals surface area contributed by atoms with Crippen molar-refractivity contribution in [1.29, 1.82) is 0 Å². The van der Waals surface area contributed by atoms with Gasteiger partial charge in [-0.05, 0) is 18.1 Å². The molecule has 0 aliphatic rings. The van der Waals surface area contributed by atoms with Gasteiger partial charge in [0.05, 0.1) is 12.8 Å². The van der Waals surface area contributed by atoms with Crippen molar-refractivity contribution in [3.63, 3.8) is 0 Å². The zero-order chi connectivity index (χ0) is 13.1. The molecule has 5 nitrogen and oxygen atoms in total. The SMILES string of the molecule is COc1ccccc1-n1nnc(C=O)c1C(C)C. The first-order valence-electron chi connectivity index (χ1n) is 5.73. The van der Waals surface area contributed by atoms with E-state index in [4.69, 9.17) is 4.74 Å². The molecule has 1 aromatic heterocycles. The number of ether oxygens (including phenoxy) is 1. The predicted molar refractivity (Wildman–Crippen MR) is 67.4 cm³/mol. The summed E-state index contributed by atoms with van der Waals surface area (Å²) >= 11 is 0. The maximum absolute atomic E-state index is 11.0. The molecule has 0 bridgehead atoms. The number of carbonyl (C=O) groups is 1. The minimum atomic E-state index is 0.144. The topological polar surface area (TPSA) is 57.0 Å². The second-order valence-electron chi connectivity index (χ2n) is 4.22. The molecule has 0 aliphatic heterocycles. The van der Waals surface area contributed by atoms with Gasteiger partial charge in [0.1, 0.15) is 17.1 Å². The molecule has 0 saturated heterocycles. The number of hydrogen-bond acceptors (Lipinski definition) is 4. The summed E-state index contributed by atoms with van der Waals surface area (Å²) in [4.78, 5) is 11.0. The Labute approximate surface area is 105 Å². The number of methoxy groups -OCH3 is 1. The lowest BCUT2D eigenvalue weighted by atomic mass is 10.1. The third-order valence-corrected chi connectivity index (χ3v) is 2.70. The molecule has 18 heavy (non-hydrogen) atoms. The molecule has 0 amide bonds. The van der Waals surface area contributed by atoms with Crippen molar-refractivity contribution < 1.29 is 9.53 Å². The number of benzene rings is 1. The van der Waals surface area contributed by atoms with E-state index >= 15 is 0 Å². The summed E-state index contributed by atoms with van der Waals surface area (Å²) in [5.74, 6) is 0.840. The molecular weight excluding hydrogens is 230 g/mol. The van der Waals surface area contributed by atoms with Crippen molar-refractivity contribution >= 4 is 6.29 Å². The molecule has 0 N–H and O–H groups in total. The molecule has 94 valence electrons. The van der Waals surface area contributed by atoms with Crippen LogP contribution in [0.3, 0.4) is 0 Å². The Morgan fingerprint density at radius 3 is 2.67 bits per heavy atom. The van der Waals surface area contributed by atoms with Crippen molar-refractivity contribution in [2.24, 2.45) is 0 Å². The van der Waals surface area contributed by atoms with Gasteiger partial charge in [-0.15, -0.1) is 5.10 Å². The van der Waals surface area contributed by atoms with Crippen molar-refractivity contribution in [3.8, 4) is 11.4 Å². The van der Waals surface area contributed by atoms with E-state index in [1.807, 2.05) is 38.1 Å². The maximum Gasteiger partial charge on any atom is 0.172 e. The minimum absolute atomic E-state index is 0.144. The number of hydrogen-bond donors (Lipinski definition) is 0. The number of aromatic nitrogens is 3. The molecule has 2 rings (SSSR count). The number of rotatable bonds is 4. The Bertz CT molecular complexity index is 561. The molecule has 0 fully saturated rings. The summed E-state index contributed by atoms with van der Waals surface area (Å²) in [6.45, 7) is 4.00. The van der Waals surface area contributed by atoms with Crippen LogP contribution in [0, 0.1) is 0 Å². The van der Waals surface area contributed by atoms with E-state index in [0.29, 0.717) is 11.4 Å². The van der Waals surface area contributed by atoms with Gasteiger partial charge in [-0.1, -0.05) is 31.2 Å². The second kappa shape index (κ2) is 5.00. The standard InChI is InChI=1S/C13H15N3O2/c1-9(2)13-10(8-17)14-15-16(13)11-6-4-5-7-12(11)18-3/h4-9H,1-3H3. The van der Waals surface area contributed by atoms with E-state index < -0.39 is 0 Å². The lowest BCUT2D eigenvalue weighted by Crippen LogP contribution is -2.06. The van der Waals surface area contributed by atoms with Gasteiger partial charge in [0, 0.05) is 0 Å². The van der Waals surface area contributed by atoms with E-state index in [-0.39, 0.29) is 5.92 Å². The largest absolute Gasteiger partial charge is 0.494 e. The highest BCUT2D eigenvalue weighted by atomic mass is 16.5. The van der Waals surface area contributed by atoms with E-state index in [9.17, 15) is 4.79 Å². The molecule has 0 aliphatic carbocycles. The van der Waals surface area contributed by atoms with E-state index in [2.05, 4.69) is 10.3 Å². The summed E-state index contributed by atoms with van der Waals surface area (Å²) in [6.07, 6.45) is 0.730. The Balaban J connectivity index is 2.64. The van der Waals surface area contributed by atoms with Crippen LogP contribution in [0.1, 0.15) is 35.9 Å². The van der Waals surface area contributed by atoms with Crippen LogP contribution in [0.5, 0.6) is 5.75 Å².